The quantitative estimate of drug-likeness (QED) is 0.325. The molecule has 0 fully saturated rings. The molecule has 0 radical (unpaired) electrons. The monoisotopic (exact) mass is 336 g/mol. The topological polar surface area (TPSA) is 13.1 Å². The van der Waals surface area contributed by atoms with Gasteiger partial charge in [-0.25, -0.2) is 0 Å². The first kappa shape index (κ1) is 15.2. The highest BCUT2D eigenvalue weighted by atomic mass is 16.3. The number of para-hydroxylation sites is 2. The Kier molecular flexibility index (Phi) is 3.36. The van der Waals surface area contributed by atoms with E-state index in [0.29, 0.717) is 5.92 Å². The highest BCUT2D eigenvalue weighted by Crippen LogP contribution is 2.38. The summed E-state index contributed by atoms with van der Waals surface area (Å²) in [5, 5.41) is 4.90. The maximum atomic E-state index is 6.25. The zero-order chi connectivity index (χ0) is 17.7. The van der Waals surface area contributed by atoms with E-state index in [-0.39, 0.29) is 0 Å². The summed E-state index contributed by atoms with van der Waals surface area (Å²) in [5.41, 5.74) is 5.66. The van der Waals surface area contributed by atoms with Crippen molar-refractivity contribution in [2.45, 2.75) is 19.8 Å². The van der Waals surface area contributed by atoms with Crippen LogP contribution in [0.2, 0.25) is 0 Å². The van der Waals surface area contributed by atoms with Gasteiger partial charge in [0.05, 0.1) is 0 Å². The Bertz CT molecular complexity index is 1260. The fourth-order valence-corrected chi connectivity index (χ4v) is 3.86. The fourth-order valence-electron chi connectivity index (χ4n) is 3.86. The first-order valence-electron chi connectivity index (χ1n) is 9.16. The highest BCUT2D eigenvalue weighted by molar-refractivity contribution is 6.12. The third kappa shape index (κ3) is 2.24. The van der Waals surface area contributed by atoms with Crippen molar-refractivity contribution in [3.05, 3.63) is 84.4 Å². The summed E-state index contributed by atoms with van der Waals surface area (Å²) in [5.74, 6) is 0.530. The summed E-state index contributed by atoms with van der Waals surface area (Å²) in [7, 11) is 0. The SMILES string of the molecule is CC(C)c1ccc2c(-c3cccc4c3oc3ccccc34)cccc2c1. The average molecular weight is 336 g/mol. The second kappa shape index (κ2) is 5.74. The maximum Gasteiger partial charge on any atom is 0.143 e. The lowest BCUT2D eigenvalue weighted by Crippen LogP contribution is -1.88. The van der Waals surface area contributed by atoms with Crippen LogP contribution >= 0.6 is 0 Å². The molecule has 1 heterocycles. The molecule has 0 N–H and O–H groups in total. The summed E-state index contributed by atoms with van der Waals surface area (Å²) in [4.78, 5) is 0. The summed E-state index contributed by atoms with van der Waals surface area (Å²) >= 11 is 0. The van der Waals surface area contributed by atoms with E-state index in [1.165, 1.54) is 32.7 Å². The first-order valence-corrected chi connectivity index (χ1v) is 9.16. The van der Waals surface area contributed by atoms with Crippen LogP contribution in [-0.2, 0) is 0 Å². The molecule has 5 rings (SSSR count). The minimum atomic E-state index is 0.530. The van der Waals surface area contributed by atoms with Crippen LogP contribution in [0.4, 0.5) is 0 Å². The minimum Gasteiger partial charge on any atom is -0.455 e. The molecule has 0 aliphatic rings. The van der Waals surface area contributed by atoms with Gasteiger partial charge in [0.25, 0.3) is 0 Å². The van der Waals surface area contributed by atoms with Crippen LogP contribution < -0.4 is 0 Å². The van der Waals surface area contributed by atoms with Gasteiger partial charge in [-0.05, 0) is 33.9 Å². The van der Waals surface area contributed by atoms with Gasteiger partial charge in [-0.2, -0.15) is 0 Å². The molecule has 4 aromatic carbocycles. The van der Waals surface area contributed by atoms with E-state index >= 15 is 0 Å². The zero-order valence-corrected chi connectivity index (χ0v) is 15.0. The second-order valence-corrected chi connectivity index (χ2v) is 7.22. The zero-order valence-electron chi connectivity index (χ0n) is 15.0. The van der Waals surface area contributed by atoms with E-state index in [2.05, 4.69) is 80.6 Å². The van der Waals surface area contributed by atoms with E-state index in [4.69, 9.17) is 4.42 Å². The number of fused-ring (bicyclic) bond motifs is 4. The van der Waals surface area contributed by atoms with Gasteiger partial charge in [-0.3, -0.25) is 0 Å². The Morgan fingerprint density at radius 1 is 0.654 bits per heavy atom. The molecule has 0 unspecified atom stereocenters. The predicted molar refractivity (Wildman–Crippen MR) is 111 cm³/mol. The molecule has 1 nitrogen and oxygen atoms in total. The number of benzene rings is 4. The minimum absolute atomic E-state index is 0.530. The molecule has 1 heteroatoms. The Morgan fingerprint density at radius 3 is 2.31 bits per heavy atom. The van der Waals surface area contributed by atoms with Crippen molar-refractivity contribution in [3.8, 4) is 11.1 Å². The molecule has 0 amide bonds. The number of furan rings is 1. The van der Waals surface area contributed by atoms with Gasteiger partial charge < -0.3 is 4.42 Å². The fraction of sp³-hybridized carbons (Fsp3) is 0.120. The Balaban J connectivity index is 1.83. The van der Waals surface area contributed by atoms with Crippen LogP contribution in [0.15, 0.2) is 83.3 Å². The molecule has 0 aliphatic heterocycles. The molecule has 5 aromatic rings. The van der Waals surface area contributed by atoms with Gasteiger partial charge in [-0.1, -0.05) is 86.6 Å². The third-order valence-electron chi connectivity index (χ3n) is 5.27. The Hall–Kier alpha value is -3.06. The number of rotatable bonds is 2. The van der Waals surface area contributed by atoms with Crippen molar-refractivity contribution in [3.63, 3.8) is 0 Å². The van der Waals surface area contributed by atoms with Gasteiger partial charge in [0.1, 0.15) is 11.2 Å². The van der Waals surface area contributed by atoms with E-state index in [1.54, 1.807) is 0 Å². The molecule has 0 saturated carbocycles. The van der Waals surface area contributed by atoms with E-state index in [0.717, 1.165) is 16.7 Å². The van der Waals surface area contributed by atoms with E-state index < -0.39 is 0 Å². The van der Waals surface area contributed by atoms with Crippen LogP contribution in [0, 0.1) is 0 Å². The summed E-state index contributed by atoms with van der Waals surface area (Å²) in [6.45, 7) is 4.47. The number of hydrogen-bond donors (Lipinski definition) is 0. The largest absolute Gasteiger partial charge is 0.455 e. The van der Waals surface area contributed by atoms with Crippen molar-refractivity contribution in [1.29, 1.82) is 0 Å². The predicted octanol–water partition coefficient (Wildman–Crippen LogP) is 7.53. The van der Waals surface area contributed by atoms with Crippen LogP contribution in [0.25, 0.3) is 43.8 Å². The average Bonchev–Trinajstić information content (AvgIpc) is 3.06. The van der Waals surface area contributed by atoms with Crippen LogP contribution in [0.1, 0.15) is 25.3 Å². The molecule has 126 valence electrons. The molecule has 1 aromatic heterocycles. The van der Waals surface area contributed by atoms with Gasteiger partial charge >= 0.3 is 0 Å². The van der Waals surface area contributed by atoms with Gasteiger partial charge in [-0.15, -0.1) is 0 Å². The van der Waals surface area contributed by atoms with Gasteiger partial charge in [0.2, 0.25) is 0 Å². The molecule has 0 atom stereocenters. The Labute approximate surface area is 152 Å². The normalized spacial score (nSPS) is 11.8. The molecule has 0 spiro atoms. The Morgan fingerprint density at radius 2 is 1.42 bits per heavy atom. The van der Waals surface area contributed by atoms with Gasteiger partial charge in [0.15, 0.2) is 0 Å². The molecular formula is C25H20O. The smallest absolute Gasteiger partial charge is 0.143 e. The molecule has 0 bridgehead atoms. The molecular weight excluding hydrogens is 316 g/mol. The lowest BCUT2D eigenvalue weighted by molar-refractivity contribution is 0.670. The van der Waals surface area contributed by atoms with Crippen molar-refractivity contribution in [2.75, 3.05) is 0 Å². The van der Waals surface area contributed by atoms with E-state index in [9.17, 15) is 0 Å². The second-order valence-electron chi connectivity index (χ2n) is 7.22. The van der Waals surface area contributed by atoms with Crippen molar-refractivity contribution in [2.24, 2.45) is 0 Å². The van der Waals surface area contributed by atoms with Crippen molar-refractivity contribution >= 4 is 32.7 Å². The van der Waals surface area contributed by atoms with Crippen LogP contribution in [0.3, 0.4) is 0 Å². The lowest BCUT2D eigenvalue weighted by atomic mass is 9.93. The summed E-state index contributed by atoms with van der Waals surface area (Å²) < 4.78 is 6.25. The van der Waals surface area contributed by atoms with E-state index in [1.807, 2.05) is 12.1 Å². The molecule has 0 aliphatic carbocycles. The molecule has 26 heavy (non-hydrogen) atoms. The lowest BCUT2D eigenvalue weighted by Gasteiger charge is -2.11. The standard InChI is InChI=1S/C25H20O/c1-16(2)17-13-14-19-18(15-17)7-5-9-20(19)22-10-6-11-23-21-8-3-4-12-24(21)26-25(22)23/h3-16H,1-2H3. The van der Waals surface area contributed by atoms with Crippen molar-refractivity contribution < 1.29 is 4.42 Å². The molecule has 0 saturated heterocycles. The number of hydrogen-bond acceptors (Lipinski definition) is 1. The maximum absolute atomic E-state index is 6.25. The first-order chi connectivity index (χ1) is 12.7. The van der Waals surface area contributed by atoms with Crippen LogP contribution in [0.5, 0.6) is 0 Å². The third-order valence-corrected chi connectivity index (χ3v) is 5.27. The highest BCUT2D eigenvalue weighted by Gasteiger charge is 2.13. The van der Waals surface area contributed by atoms with Crippen molar-refractivity contribution in [1.82, 2.24) is 0 Å². The summed E-state index contributed by atoms with van der Waals surface area (Å²) in [6.07, 6.45) is 0. The summed E-state index contributed by atoms with van der Waals surface area (Å²) in [6, 6.07) is 28.0. The van der Waals surface area contributed by atoms with Gasteiger partial charge in [0, 0.05) is 16.3 Å². The van der Waals surface area contributed by atoms with Crippen LogP contribution in [-0.4, -0.2) is 0 Å².